The molecule has 1 N–H and O–H groups in total. The Bertz CT molecular complexity index is 398. The molecule has 0 spiro atoms. The van der Waals surface area contributed by atoms with Gasteiger partial charge in [-0.15, -0.1) is 0 Å². The number of benzene rings is 1. The predicted molar refractivity (Wildman–Crippen MR) is 65.5 cm³/mol. The van der Waals surface area contributed by atoms with Crippen molar-refractivity contribution in [2.75, 3.05) is 0 Å². The molecule has 0 unspecified atom stereocenters. The second-order valence-electron chi connectivity index (χ2n) is 5.74. The highest BCUT2D eigenvalue weighted by Gasteiger charge is 2.43. The quantitative estimate of drug-likeness (QED) is 0.706. The fourth-order valence-electron chi connectivity index (χ4n) is 3.79. The molecule has 1 fully saturated rings. The topological polar surface area (TPSA) is 20.2 Å². The maximum Gasteiger partial charge on any atom is 0.0543 e. The van der Waals surface area contributed by atoms with Gasteiger partial charge in [0.15, 0.2) is 0 Å². The van der Waals surface area contributed by atoms with Gasteiger partial charge in [-0.25, -0.2) is 0 Å². The van der Waals surface area contributed by atoms with Gasteiger partial charge in [0.25, 0.3) is 0 Å². The number of aliphatic hydroxyl groups excluding tert-OH is 1. The molecule has 1 aromatic carbocycles. The van der Waals surface area contributed by atoms with Crippen molar-refractivity contribution < 1.29 is 5.11 Å². The van der Waals surface area contributed by atoms with Crippen LogP contribution in [0, 0.1) is 5.92 Å². The van der Waals surface area contributed by atoms with Gasteiger partial charge in [0.2, 0.25) is 0 Å². The van der Waals surface area contributed by atoms with Crippen LogP contribution in [0.15, 0.2) is 24.3 Å². The van der Waals surface area contributed by atoms with Crippen LogP contribution in [-0.4, -0.2) is 11.2 Å². The molecule has 16 heavy (non-hydrogen) atoms. The SMILES string of the molecule is C[C@]12CC[C@H](O)C[C@H]1CCc1ccccc12. The Kier molecular flexibility index (Phi) is 2.32. The molecule has 2 aliphatic rings. The summed E-state index contributed by atoms with van der Waals surface area (Å²) in [6, 6.07) is 8.90. The third kappa shape index (κ3) is 1.41. The van der Waals surface area contributed by atoms with E-state index in [1.165, 1.54) is 18.4 Å². The van der Waals surface area contributed by atoms with Gasteiger partial charge < -0.3 is 5.11 Å². The summed E-state index contributed by atoms with van der Waals surface area (Å²) in [6.07, 6.45) is 5.53. The summed E-state index contributed by atoms with van der Waals surface area (Å²) in [4.78, 5) is 0. The largest absolute Gasteiger partial charge is 0.393 e. The van der Waals surface area contributed by atoms with Crippen LogP contribution < -0.4 is 0 Å². The highest BCUT2D eigenvalue weighted by molar-refractivity contribution is 5.37. The molecule has 0 heterocycles. The monoisotopic (exact) mass is 216 g/mol. The molecule has 1 aromatic rings. The maximum atomic E-state index is 9.81. The predicted octanol–water partition coefficient (Wildman–Crippen LogP) is 3.05. The first-order valence-corrected chi connectivity index (χ1v) is 6.46. The molecular formula is C15H20O. The van der Waals surface area contributed by atoms with E-state index in [2.05, 4.69) is 31.2 Å². The first kappa shape index (κ1) is 10.3. The van der Waals surface area contributed by atoms with Gasteiger partial charge in [0, 0.05) is 0 Å². The second-order valence-corrected chi connectivity index (χ2v) is 5.74. The molecule has 0 aromatic heterocycles. The van der Waals surface area contributed by atoms with Crippen LogP contribution in [0.3, 0.4) is 0 Å². The molecule has 1 nitrogen and oxygen atoms in total. The third-order valence-electron chi connectivity index (χ3n) is 4.85. The molecule has 1 heteroatoms. The molecule has 0 radical (unpaired) electrons. The van der Waals surface area contributed by atoms with Crippen LogP contribution in [-0.2, 0) is 11.8 Å². The van der Waals surface area contributed by atoms with Gasteiger partial charge >= 0.3 is 0 Å². The lowest BCUT2D eigenvalue weighted by molar-refractivity contribution is 0.0484. The zero-order valence-corrected chi connectivity index (χ0v) is 9.95. The molecule has 2 aliphatic carbocycles. The minimum absolute atomic E-state index is 0.0525. The maximum absolute atomic E-state index is 9.81. The zero-order chi connectivity index (χ0) is 11.2. The summed E-state index contributed by atoms with van der Waals surface area (Å²) in [6.45, 7) is 2.40. The lowest BCUT2D eigenvalue weighted by Crippen LogP contribution is -2.43. The van der Waals surface area contributed by atoms with Gasteiger partial charge in [-0.1, -0.05) is 31.2 Å². The van der Waals surface area contributed by atoms with E-state index >= 15 is 0 Å². The highest BCUT2D eigenvalue weighted by Crippen LogP contribution is 2.49. The smallest absolute Gasteiger partial charge is 0.0543 e. The highest BCUT2D eigenvalue weighted by atomic mass is 16.3. The summed E-state index contributed by atoms with van der Waals surface area (Å²) < 4.78 is 0. The van der Waals surface area contributed by atoms with E-state index in [9.17, 15) is 5.11 Å². The number of hydrogen-bond donors (Lipinski definition) is 1. The molecule has 0 amide bonds. The summed E-state index contributed by atoms with van der Waals surface area (Å²) in [5.74, 6) is 0.686. The Morgan fingerprint density at radius 3 is 2.94 bits per heavy atom. The third-order valence-corrected chi connectivity index (χ3v) is 4.85. The van der Waals surface area contributed by atoms with E-state index in [1.54, 1.807) is 5.56 Å². The minimum Gasteiger partial charge on any atom is -0.393 e. The van der Waals surface area contributed by atoms with Crippen molar-refractivity contribution >= 4 is 0 Å². The molecule has 1 saturated carbocycles. The average Bonchev–Trinajstić information content (AvgIpc) is 2.31. The Balaban J connectivity index is 2.03. The van der Waals surface area contributed by atoms with Gasteiger partial charge in [-0.05, 0) is 54.6 Å². The molecule has 3 atom stereocenters. The van der Waals surface area contributed by atoms with E-state index < -0.39 is 0 Å². The molecule has 86 valence electrons. The van der Waals surface area contributed by atoms with Crippen molar-refractivity contribution in [3.63, 3.8) is 0 Å². The summed E-state index contributed by atoms with van der Waals surface area (Å²) in [7, 11) is 0. The van der Waals surface area contributed by atoms with E-state index in [1.807, 2.05) is 0 Å². The fourth-order valence-corrected chi connectivity index (χ4v) is 3.79. The Morgan fingerprint density at radius 1 is 1.25 bits per heavy atom. The first-order chi connectivity index (χ1) is 7.70. The summed E-state index contributed by atoms with van der Waals surface area (Å²) in [5.41, 5.74) is 3.42. The van der Waals surface area contributed by atoms with Crippen LogP contribution in [0.25, 0.3) is 0 Å². The van der Waals surface area contributed by atoms with Gasteiger partial charge in [-0.3, -0.25) is 0 Å². The molecular weight excluding hydrogens is 196 g/mol. The number of aliphatic hydroxyl groups is 1. The van der Waals surface area contributed by atoms with Crippen LogP contribution in [0.2, 0.25) is 0 Å². The fraction of sp³-hybridized carbons (Fsp3) is 0.600. The number of fused-ring (bicyclic) bond motifs is 3. The van der Waals surface area contributed by atoms with E-state index in [-0.39, 0.29) is 6.10 Å². The van der Waals surface area contributed by atoms with E-state index in [0.717, 1.165) is 19.3 Å². The lowest BCUT2D eigenvalue weighted by atomic mass is 9.58. The van der Waals surface area contributed by atoms with Crippen molar-refractivity contribution in [2.24, 2.45) is 5.92 Å². The normalized spacial score (nSPS) is 37.6. The number of aryl methyl sites for hydroxylation is 1. The second kappa shape index (κ2) is 3.59. The summed E-state index contributed by atoms with van der Waals surface area (Å²) in [5, 5.41) is 9.81. The Hall–Kier alpha value is -0.820. The van der Waals surface area contributed by atoms with Crippen LogP contribution in [0.4, 0.5) is 0 Å². The molecule has 0 aliphatic heterocycles. The van der Waals surface area contributed by atoms with Crippen LogP contribution in [0.1, 0.15) is 43.7 Å². The summed E-state index contributed by atoms with van der Waals surface area (Å²) >= 11 is 0. The van der Waals surface area contributed by atoms with Crippen molar-refractivity contribution in [1.82, 2.24) is 0 Å². The van der Waals surface area contributed by atoms with Crippen molar-refractivity contribution in [1.29, 1.82) is 0 Å². The van der Waals surface area contributed by atoms with Crippen LogP contribution >= 0.6 is 0 Å². The van der Waals surface area contributed by atoms with E-state index in [0.29, 0.717) is 11.3 Å². The standard InChI is InChI=1S/C15H20O/c1-15-9-8-13(16)10-12(15)7-6-11-4-2-3-5-14(11)15/h2-5,12-13,16H,6-10H2,1H3/t12-,13+,15+/m1/s1. The van der Waals surface area contributed by atoms with Crippen molar-refractivity contribution in [2.45, 2.75) is 50.5 Å². The van der Waals surface area contributed by atoms with Crippen molar-refractivity contribution in [3.8, 4) is 0 Å². The van der Waals surface area contributed by atoms with Gasteiger partial charge in [0.05, 0.1) is 6.10 Å². The van der Waals surface area contributed by atoms with Gasteiger partial charge in [0.1, 0.15) is 0 Å². The Morgan fingerprint density at radius 2 is 2.06 bits per heavy atom. The van der Waals surface area contributed by atoms with Crippen molar-refractivity contribution in [3.05, 3.63) is 35.4 Å². The Labute approximate surface area is 97.5 Å². The number of rotatable bonds is 0. The number of hydrogen-bond acceptors (Lipinski definition) is 1. The van der Waals surface area contributed by atoms with E-state index in [4.69, 9.17) is 0 Å². The molecule has 3 rings (SSSR count). The lowest BCUT2D eigenvalue weighted by Gasteiger charge is -2.47. The van der Waals surface area contributed by atoms with Crippen LogP contribution in [0.5, 0.6) is 0 Å². The molecule has 0 saturated heterocycles. The minimum atomic E-state index is -0.0525. The van der Waals surface area contributed by atoms with Gasteiger partial charge in [-0.2, -0.15) is 0 Å². The first-order valence-electron chi connectivity index (χ1n) is 6.46. The average molecular weight is 216 g/mol. The molecule has 0 bridgehead atoms. The zero-order valence-electron chi connectivity index (χ0n) is 9.95.